The first kappa shape index (κ1) is 16.6. The van der Waals surface area contributed by atoms with E-state index >= 15 is 0 Å². The summed E-state index contributed by atoms with van der Waals surface area (Å²) in [4.78, 5) is 22.9. The molecule has 0 fully saturated rings. The van der Waals surface area contributed by atoms with Gasteiger partial charge in [-0.25, -0.2) is 0 Å². The third kappa shape index (κ3) is 4.38. The van der Waals surface area contributed by atoms with E-state index in [0.717, 1.165) is 10.5 Å². The van der Waals surface area contributed by atoms with Crippen molar-refractivity contribution in [3.63, 3.8) is 0 Å². The summed E-state index contributed by atoms with van der Waals surface area (Å²) in [7, 11) is 0. The average molecular weight is 356 g/mol. The van der Waals surface area contributed by atoms with Crippen LogP contribution >= 0.6 is 11.8 Å². The number of carbonyl (C=O) groups is 1. The second-order valence-electron chi connectivity index (χ2n) is 4.90. The molecule has 0 aliphatic carbocycles. The summed E-state index contributed by atoms with van der Waals surface area (Å²) in [6.07, 6.45) is 0. The predicted molar refractivity (Wildman–Crippen MR) is 92.1 cm³/mol. The van der Waals surface area contributed by atoms with Crippen LogP contribution in [0.1, 0.15) is 0 Å². The second-order valence-corrected chi connectivity index (χ2v) is 5.95. The number of nitrogens with one attached hydrogen (secondary N) is 2. The highest BCUT2D eigenvalue weighted by Crippen LogP contribution is 2.22. The third-order valence-electron chi connectivity index (χ3n) is 3.19. The van der Waals surface area contributed by atoms with Gasteiger partial charge in [0.15, 0.2) is 0 Å². The minimum Gasteiger partial charge on any atom is -0.325 e. The van der Waals surface area contributed by atoms with Gasteiger partial charge in [-0.1, -0.05) is 0 Å². The minimum absolute atomic E-state index is 0.0236. The molecule has 10 heteroatoms. The van der Waals surface area contributed by atoms with Crippen molar-refractivity contribution in [3.8, 4) is 11.4 Å². The lowest BCUT2D eigenvalue weighted by Gasteiger charge is -2.05. The van der Waals surface area contributed by atoms with E-state index in [1.54, 1.807) is 36.4 Å². The maximum absolute atomic E-state index is 12.0. The van der Waals surface area contributed by atoms with Gasteiger partial charge in [0.05, 0.1) is 10.7 Å². The summed E-state index contributed by atoms with van der Waals surface area (Å²) in [5.41, 5.74) is 1.46. The van der Waals surface area contributed by atoms with E-state index in [-0.39, 0.29) is 17.3 Å². The van der Waals surface area contributed by atoms with Crippen LogP contribution < -0.4 is 5.32 Å². The first-order chi connectivity index (χ1) is 12.1. The Kier molecular flexibility index (Phi) is 5.00. The van der Waals surface area contributed by atoms with Gasteiger partial charge in [-0.15, -0.1) is 22.0 Å². The summed E-state index contributed by atoms with van der Waals surface area (Å²) in [6.45, 7) is 0. The number of nitrogens with zero attached hydrogens (tertiary/aromatic N) is 4. The fourth-order valence-electron chi connectivity index (χ4n) is 2.00. The summed E-state index contributed by atoms with van der Waals surface area (Å²) < 4.78 is 0. The van der Waals surface area contributed by atoms with Crippen molar-refractivity contribution in [2.45, 2.75) is 4.90 Å². The Balaban J connectivity index is 1.53. The zero-order valence-electron chi connectivity index (χ0n) is 12.7. The maximum Gasteiger partial charge on any atom is 0.269 e. The zero-order chi connectivity index (χ0) is 17.6. The molecule has 0 saturated carbocycles. The van der Waals surface area contributed by atoms with Gasteiger partial charge in [-0.2, -0.15) is 5.21 Å². The van der Waals surface area contributed by atoms with Crippen molar-refractivity contribution in [3.05, 3.63) is 58.6 Å². The normalized spacial score (nSPS) is 10.4. The number of aromatic amines is 1. The lowest BCUT2D eigenvalue weighted by molar-refractivity contribution is -0.384. The number of H-pyrrole nitrogens is 1. The zero-order valence-corrected chi connectivity index (χ0v) is 13.6. The Morgan fingerprint density at radius 2 is 1.88 bits per heavy atom. The van der Waals surface area contributed by atoms with E-state index < -0.39 is 4.92 Å². The molecule has 1 aromatic heterocycles. The highest BCUT2D eigenvalue weighted by molar-refractivity contribution is 8.00. The topological polar surface area (TPSA) is 127 Å². The fraction of sp³-hybridized carbons (Fsp3) is 0.0667. The standard InChI is InChI=1S/C15H12N6O3S/c22-14(9-25-13-7-5-12(6-8-13)21(23)24)16-11-3-1-10(2-4-11)15-17-19-20-18-15/h1-8H,9H2,(H,16,22)(H,17,18,19,20). The molecular formula is C15H12N6O3S. The molecule has 2 aromatic carbocycles. The highest BCUT2D eigenvalue weighted by atomic mass is 32.2. The number of aromatic nitrogens is 4. The molecule has 0 radical (unpaired) electrons. The molecule has 1 heterocycles. The molecule has 9 nitrogen and oxygen atoms in total. The Morgan fingerprint density at radius 1 is 1.16 bits per heavy atom. The number of nitro groups is 1. The molecule has 3 rings (SSSR count). The van der Waals surface area contributed by atoms with E-state index in [4.69, 9.17) is 0 Å². The smallest absolute Gasteiger partial charge is 0.269 e. The van der Waals surface area contributed by atoms with Gasteiger partial charge < -0.3 is 5.32 Å². The van der Waals surface area contributed by atoms with Crippen molar-refractivity contribution < 1.29 is 9.72 Å². The van der Waals surface area contributed by atoms with E-state index in [9.17, 15) is 14.9 Å². The number of thioether (sulfide) groups is 1. The average Bonchev–Trinajstić information content (AvgIpc) is 3.15. The van der Waals surface area contributed by atoms with Crippen molar-refractivity contribution >= 4 is 29.0 Å². The number of carbonyl (C=O) groups excluding carboxylic acids is 1. The van der Waals surface area contributed by atoms with Gasteiger partial charge in [0.1, 0.15) is 0 Å². The molecule has 0 spiro atoms. The van der Waals surface area contributed by atoms with Crippen LogP contribution in [0.5, 0.6) is 0 Å². The second kappa shape index (κ2) is 7.53. The number of hydrogen-bond acceptors (Lipinski definition) is 7. The molecule has 0 bridgehead atoms. The summed E-state index contributed by atoms with van der Waals surface area (Å²) >= 11 is 1.30. The van der Waals surface area contributed by atoms with Gasteiger partial charge in [0.25, 0.3) is 5.69 Å². The van der Waals surface area contributed by atoms with Crippen molar-refractivity contribution in [2.24, 2.45) is 0 Å². The van der Waals surface area contributed by atoms with Gasteiger partial charge in [0.2, 0.25) is 11.7 Å². The highest BCUT2D eigenvalue weighted by Gasteiger charge is 2.08. The summed E-state index contributed by atoms with van der Waals surface area (Å²) in [5, 5.41) is 27.0. The molecule has 0 aliphatic rings. The van der Waals surface area contributed by atoms with Crippen LogP contribution in [-0.4, -0.2) is 37.2 Å². The molecule has 0 aliphatic heterocycles. The Labute approximate surface area is 146 Å². The number of tetrazole rings is 1. The van der Waals surface area contributed by atoms with Gasteiger partial charge in [-0.05, 0) is 41.6 Å². The number of amides is 1. The summed E-state index contributed by atoms with van der Waals surface area (Å²) in [5.74, 6) is 0.506. The van der Waals surface area contributed by atoms with Gasteiger partial charge in [-0.3, -0.25) is 14.9 Å². The van der Waals surface area contributed by atoms with Crippen LogP contribution in [0.15, 0.2) is 53.4 Å². The third-order valence-corrected chi connectivity index (χ3v) is 4.20. The van der Waals surface area contributed by atoms with E-state index in [1.165, 1.54) is 23.9 Å². The SMILES string of the molecule is O=C(CSc1ccc([N+](=O)[O-])cc1)Nc1ccc(-c2nn[nH]n2)cc1. The Hall–Kier alpha value is -3.27. The first-order valence-corrected chi connectivity index (χ1v) is 8.11. The van der Waals surface area contributed by atoms with Gasteiger partial charge >= 0.3 is 0 Å². The molecule has 1 amide bonds. The van der Waals surface area contributed by atoms with Crippen LogP contribution in [0.25, 0.3) is 11.4 Å². The molecular weight excluding hydrogens is 344 g/mol. The largest absolute Gasteiger partial charge is 0.325 e. The van der Waals surface area contributed by atoms with Crippen molar-refractivity contribution in [2.75, 3.05) is 11.1 Å². The Bertz CT molecular complexity index is 865. The van der Waals surface area contributed by atoms with Crippen LogP contribution in [0.4, 0.5) is 11.4 Å². The number of anilines is 1. The molecule has 0 saturated heterocycles. The van der Waals surface area contributed by atoms with Crippen molar-refractivity contribution in [1.82, 2.24) is 20.6 Å². The van der Waals surface area contributed by atoms with Crippen LogP contribution in [-0.2, 0) is 4.79 Å². The summed E-state index contributed by atoms with van der Waals surface area (Å²) in [6, 6.07) is 13.1. The van der Waals surface area contributed by atoms with Crippen molar-refractivity contribution in [1.29, 1.82) is 0 Å². The maximum atomic E-state index is 12.0. The Morgan fingerprint density at radius 3 is 2.48 bits per heavy atom. The minimum atomic E-state index is -0.459. The molecule has 25 heavy (non-hydrogen) atoms. The number of benzene rings is 2. The molecule has 126 valence electrons. The molecule has 0 unspecified atom stereocenters. The number of nitro benzene ring substituents is 1. The number of non-ortho nitro benzene ring substituents is 1. The van der Waals surface area contributed by atoms with Crippen LogP contribution in [0, 0.1) is 10.1 Å². The lowest BCUT2D eigenvalue weighted by Crippen LogP contribution is -2.13. The quantitative estimate of drug-likeness (QED) is 0.394. The first-order valence-electron chi connectivity index (χ1n) is 7.13. The molecule has 0 atom stereocenters. The van der Waals surface area contributed by atoms with E-state index in [1.807, 2.05) is 0 Å². The van der Waals surface area contributed by atoms with E-state index in [2.05, 4.69) is 25.9 Å². The monoisotopic (exact) mass is 356 g/mol. The van der Waals surface area contributed by atoms with Crippen LogP contribution in [0.3, 0.4) is 0 Å². The fourth-order valence-corrected chi connectivity index (χ4v) is 2.70. The molecule has 3 aromatic rings. The molecule has 2 N–H and O–H groups in total. The van der Waals surface area contributed by atoms with E-state index in [0.29, 0.717) is 11.5 Å². The number of hydrogen-bond donors (Lipinski definition) is 2. The van der Waals surface area contributed by atoms with Crippen LogP contribution in [0.2, 0.25) is 0 Å². The lowest BCUT2D eigenvalue weighted by atomic mass is 10.2. The number of rotatable bonds is 6. The van der Waals surface area contributed by atoms with Gasteiger partial charge in [0, 0.05) is 28.3 Å². The predicted octanol–water partition coefficient (Wildman–Crippen LogP) is 2.51.